The van der Waals surface area contributed by atoms with Crippen LogP contribution in [0.3, 0.4) is 0 Å². The van der Waals surface area contributed by atoms with Crippen molar-refractivity contribution in [2.24, 2.45) is 0 Å². The molecule has 0 amide bonds. The highest BCUT2D eigenvalue weighted by Crippen LogP contribution is 2.62. The van der Waals surface area contributed by atoms with Gasteiger partial charge in [-0.2, -0.15) is 0 Å². The van der Waals surface area contributed by atoms with E-state index in [1.807, 2.05) is 0 Å². The average Bonchev–Trinajstić information content (AvgIpc) is 3.51. The highest BCUT2D eigenvalue weighted by atomic mass is 28.3. The molecule has 2 nitrogen and oxygen atoms in total. The minimum atomic E-state index is -1.67. The number of hydrogen-bond acceptors (Lipinski definition) is 2. The molecule has 0 atom stereocenters. The van der Waals surface area contributed by atoms with Crippen LogP contribution in [0, 0.1) is 0 Å². The molecule has 0 N–H and O–H groups in total. The molecule has 1 aliphatic heterocycles. The van der Waals surface area contributed by atoms with Crippen LogP contribution in [0.5, 0.6) is 11.5 Å². The molecule has 1 heterocycles. The van der Waals surface area contributed by atoms with Crippen molar-refractivity contribution >= 4 is 30.3 Å². The summed E-state index contributed by atoms with van der Waals surface area (Å²) in [5.41, 5.74) is 15.1. The van der Waals surface area contributed by atoms with Gasteiger partial charge in [0.25, 0.3) is 0 Å². The van der Waals surface area contributed by atoms with Crippen LogP contribution < -0.4 is 14.8 Å². The lowest BCUT2D eigenvalue weighted by atomic mass is 9.66. The van der Waals surface area contributed by atoms with Crippen LogP contribution in [0.1, 0.15) is 22.3 Å². The summed E-state index contributed by atoms with van der Waals surface area (Å²) in [6, 6.07) is 71.0. The maximum atomic E-state index is 6.72. The van der Waals surface area contributed by atoms with E-state index in [4.69, 9.17) is 4.74 Å². The minimum Gasteiger partial charge on any atom is -0.457 e. The first kappa shape index (κ1) is 33.2. The lowest BCUT2D eigenvalue weighted by Crippen LogP contribution is -2.39. The zero-order chi connectivity index (χ0) is 37.1. The zero-order valence-electron chi connectivity index (χ0n) is 31.3. The first-order valence-corrected chi connectivity index (χ1v) is 22.7. The first-order chi connectivity index (χ1) is 26.9. The minimum absolute atomic E-state index is 0.566. The van der Waals surface area contributed by atoms with Gasteiger partial charge in [0.15, 0.2) is 0 Å². The lowest BCUT2D eigenvalue weighted by Gasteiger charge is -2.40. The number of rotatable bonds is 6. The van der Waals surface area contributed by atoms with Gasteiger partial charge in [0.2, 0.25) is 0 Å². The van der Waals surface area contributed by atoms with Crippen LogP contribution in [0.2, 0.25) is 19.6 Å². The molecule has 0 fully saturated rings. The summed E-state index contributed by atoms with van der Waals surface area (Å²) < 4.78 is 6.72. The number of para-hydroxylation sites is 3. The smallest absolute Gasteiger partial charge is 0.132 e. The second kappa shape index (κ2) is 12.9. The van der Waals surface area contributed by atoms with Crippen LogP contribution in [0.15, 0.2) is 194 Å². The molecule has 8 aromatic carbocycles. The Morgan fingerprint density at radius 1 is 0.400 bits per heavy atom. The summed E-state index contributed by atoms with van der Waals surface area (Å²) in [6.45, 7) is 7.33. The fourth-order valence-electron chi connectivity index (χ4n) is 8.88. The normalized spacial score (nSPS) is 13.3. The van der Waals surface area contributed by atoms with E-state index in [1.165, 1.54) is 60.8 Å². The predicted octanol–water partition coefficient (Wildman–Crippen LogP) is 13.5. The quantitative estimate of drug-likeness (QED) is 0.158. The van der Waals surface area contributed by atoms with Gasteiger partial charge in [-0.05, 0) is 81.4 Å². The lowest BCUT2D eigenvalue weighted by molar-refractivity contribution is 0.436. The summed E-state index contributed by atoms with van der Waals surface area (Å²) >= 11 is 0. The molecule has 55 heavy (non-hydrogen) atoms. The van der Waals surface area contributed by atoms with E-state index < -0.39 is 13.5 Å². The molecule has 3 heteroatoms. The standard InChI is InChI=1S/C52H41NOSi/c1-55(2,3)41-31-33-44-43-32-30-40(34-47(43)52(48(44)35-41)45-21-11-14-24-50(45)54-51-25-15-12-22-46(51)52)53(39-28-26-37(27-29-39)36-16-6-4-7-17-36)49-23-13-10-20-42(49)38-18-8-5-9-19-38/h4-35H,1-3H3. The molecule has 0 unspecified atom stereocenters. The van der Waals surface area contributed by atoms with E-state index in [-0.39, 0.29) is 0 Å². The van der Waals surface area contributed by atoms with Crippen molar-refractivity contribution in [3.8, 4) is 44.9 Å². The average molecular weight is 724 g/mol. The Balaban J connectivity index is 1.26. The van der Waals surface area contributed by atoms with Crippen molar-refractivity contribution in [1.29, 1.82) is 0 Å². The third kappa shape index (κ3) is 5.30. The van der Waals surface area contributed by atoms with Gasteiger partial charge in [0.1, 0.15) is 11.5 Å². The first-order valence-electron chi connectivity index (χ1n) is 19.2. The van der Waals surface area contributed by atoms with Crippen molar-refractivity contribution in [3.05, 3.63) is 216 Å². The van der Waals surface area contributed by atoms with Gasteiger partial charge >= 0.3 is 0 Å². The van der Waals surface area contributed by atoms with Gasteiger partial charge in [-0.25, -0.2) is 0 Å². The molecular formula is C52H41NOSi. The van der Waals surface area contributed by atoms with Crippen LogP contribution in [-0.2, 0) is 5.41 Å². The number of fused-ring (bicyclic) bond motifs is 9. The Morgan fingerprint density at radius 3 is 1.56 bits per heavy atom. The van der Waals surface area contributed by atoms with Crippen molar-refractivity contribution in [1.82, 2.24) is 0 Å². The fraction of sp³-hybridized carbons (Fsp3) is 0.0769. The Hall–Kier alpha value is -6.42. The van der Waals surface area contributed by atoms with Gasteiger partial charge < -0.3 is 9.64 Å². The monoisotopic (exact) mass is 723 g/mol. The predicted molar refractivity (Wildman–Crippen MR) is 232 cm³/mol. The van der Waals surface area contributed by atoms with E-state index in [1.54, 1.807) is 0 Å². The van der Waals surface area contributed by atoms with E-state index in [2.05, 4.69) is 219 Å². The van der Waals surface area contributed by atoms with E-state index in [9.17, 15) is 0 Å². The maximum absolute atomic E-state index is 6.72. The second-order valence-corrected chi connectivity index (χ2v) is 20.8. The highest BCUT2D eigenvalue weighted by molar-refractivity contribution is 6.88. The van der Waals surface area contributed by atoms with Crippen molar-refractivity contribution in [2.45, 2.75) is 25.1 Å². The third-order valence-corrected chi connectivity index (χ3v) is 13.6. The molecule has 8 aromatic rings. The van der Waals surface area contributed by atoms with Gasteiger partial charge in [-0.15, -0.1) is 0 Å². The molecule has 1 aliphatic carbocycles. The number of nitrogens with zero attached hydrogens (tertiary/aromatic N) is 1. The molecule has 0 bridgehead atoms. The zero-order valence-corrected chi connectivity index (χ0v) is 32.3. The SMILES string of the molecule is C[Si](C)(C)c1ccc2c(c1)C1(c3ccccc3Oc3ccccc31)c1cc(N(c3ccc(-c4ccccc4)cc3)c3ccccc3-c3ccccc3)ccc1-2. The maximum Gasteiger partial charge on any atom is 0.132 e. The van der Waals surface area contributed by atoms with Gasteiger partial charge in [-0.1, -0.05) is 176 Å². The largest absolute Gasteiger partial charge is 0.457 e. The molecule has 0 saturated carbocycles. The Labute approximate surface area is 325 Å². The number of hydrogen-bond donors (Lipinski definition) is 0. The molecule has 1 spiro atoms. The van der Waals surface area contributed by atoms with Crippen molar-refractivity contribution < 1.29 is 4.74 Å². The second-order valence-electron chi connectivity index (χ2n) is 15.7. The van der Waals surface area contributed by atoms with Gasteiger partial charge in [0.05, 0.1) is 19.2 Å². The molecule has 0 radical (unpaired) electrons. The van der Waals surface area contributed by atoms with E-state index in [0.717, 1.165) is 28.6 Å². The van der Waals surface area contributed by atoms with E-state index in [0.29, 0.717) is 0 Å². The molecule has 2 aliphatic rings. The third-order valence-electron chi connectivity index (χ3n) is 11.5. The highest BCUT2D eigenvalue weighted by Gasteiger charge is 2.51. The number of ether oxygens (including phenoxy) is 1. The Bertz CT molecular complexity index is 2670. The van der Waals surface area contributed by atoms with Gasteiger partial charge in [-0.3, -0.25) is 0 Å². The van der Waals surface area contributed by atoms with Crippen LogP contribution in [0.4, 0.5) is 17.1 Å². The fourth-order valence-corrected chi connectivity index (χ4v) is 10.0. The van der Waals surface area contributed by atoms with Crippen molar-refractivity contribution in [2.75, 3.05) is 4.90 Å². The summed E-state index contributed by atoms with van der Waals surface area (Å²) in [5, 5.41) is 1.46. The van der Waals surface area contributed by atoms with Gasteiger partial charge in [0, 0.05) is 28.1 Å². The number of benzene rings is 8. The van der Waals surface area contributed by atoms with Crippen LogP contribution in [0.25, 0.3) is 33.4 Å². The number of anilines is 3. The molecule has 264 valence electrons. The summed E-state index contributed by atoms with van der Waals surface area (Å²) in [7, 11) is -1.67. The molecule has 0 saturated heterocycles. The Morgan fingerprint density at radius 2 is 0.909 bits per heavy atom. The van der Waals surface area contributed by atoms with Crippen LogP contribution >= 0.6 is 0 Å². The summed E-state index contributed by atoms with van der Waals surface area (Å²) in [5.74, 6) is 1.82. The summed E-state index contributed by atoms with van der Waals surface area (Å²) in [4.78, 5) is 2.44. The topological polar surface area (TPSA) is 12.5 Å². The molecule has 10 rings (SSSR count). The Kier molecular flexibility index (Phi) is 7.76. The summed E-state index contributed by atoms with van der Waals surface area (Å²) in [6.07, 6.45) is 0. The van der Waals surface area contributed by atoms with E-state index >= 15 is 0 Å². The van der Waals surface area contributed by atoms with Crippen molar-refractivity contribution in [3.63, 3.8) is 0 Å². The molecular weight excluding hydrogens is 683 g/mol. The van der Waals surface area contributed by atoms with Crippen LogP contribution in [-0.4, -0.2) is 8.07 Å². The molecule has 0 aromatic heterocycles.